The van der Waals surface area contributed by atoms with Gasteiger partial charge in [-0.15, -0.1) is 12.1 Å². The first-order valence-corrected chi connectivity index (χ1v) is 17.1. The van der Waals surface area contributed by atoms with Crippen molar-refractivity contribution in [1.82, 2.24) is 9.80 Å². The fourth-order valence-corrected chi connectivity index (χ4v) is 5.20. The molecular weight excluding hydrogens is 668 g/mol. The Morgan fingerprint density at radius 2 is 0.854 bits per heavy atom. The predicted molar refractivity (Wildman–Crippen MR) is 206 cm³/mol. The van der Waals surface area contributed by atoms with Gasteiger partial charge in [0.05, 0.1) is 0 Å². The van der Waals surface area contributed by atoms with Crippen LogP contribution in [0.3, 0.4) is 0 Å². The molecule has 0 spiro atoms. The summed E-state index contributed by atoms with van der Waals surface area (Å²) in [5, 5.41) is 22.4. The van der Waals surface area contributed by atoms with E-state index in [0.29, 0.717) is 24.6 Å². The van der Waals surface area contributed by atoms with E-state index < -0.39 is 0 Å². The Hall–Kier alpha value is -2.07. The zero-order valence-electron chi connectivity index (χ0n) is 33.2. The summed E-state index contributed by atoms with van der Waals surface area (Å²) < 4.78 is 0. The van der Waals surface area contributed by atoms with Crippen LogP contribution in [-0.2, 0) is 61.0 Å². The number of nitrogens with zero attached hydrogens (tertiary/aromatic N) is 2. The third-order valence-electron chi connectivity index (χ3n) is 8.31. The second kappa shape index (κ2) is 18.8. The molecule has 0 amide bonds. The van der Waals surface area contributed by atoms with E-state index in [2.05, 4.69) is 145 Å². The summed E-state index contributed by atoms with van der Waals surface area (Å²) >= 11 is 0. The minimum Gasteiger partial charge on any atom is -0.507 e. The molecule has 5 heteroatoms. The van der Waals surface area contributed by atoms with Crippen molar-refractivity contribution in [3.63, 3.8) is 0 Å². The number of phenols is 2. The Labute approximate surface area is 315 Å². The number of hydrogen-bond acceptors (Lipinski definition) is 4. The first-order chi connectivity index (χ1) is 21.4. The molecule has 0 aliphatic heterocycles. The Morgan fingerprint density at radius 3 is 1.08 bits per heavy atom. The van der Waals surface area contributed by atoms with Gasteiger partial charge in [0, 0.05) is 37.3 Å². The van der Waals surface area contributed by atoms with Gasteiger partial charge in [0.2, 0.25) is 0 Å². The Kier molecular flexibility index (Phi) is 18.0. The normalized spacial score (nSPS) is 12.1. The van der Waals surface area contributed by atoms with Gasteiger partial charge >= 0.3 is 26.2 Å². The summed E-state index contributed by atoms with van der Waals surface area (Å²) in [6.45, 7) is 38.1. The van der Waals surface area contributed by atoms with Gasteiger partial charge in [0.15, 0.2) is 0 Å². The van der Waals surface area contributed by atoms with E-state index in [9.17, 15) is 10.2 Å². The second-order valence-corrected chi connectivity index (χ2v) is 17.0. The summed E-state index contributed by atoms with van der Waals surface area (Å²) in [6.07, 6.45) is 0. The van der Waals surface area contributed by atoms with E-state index in [1.54, 1.807) is 6.92 Å². The molecule has 0 heterocycles. The van der Waals surface area contributed by atoms with Crippen molar-refractivity contribution in [2.75, 3.05) is 27.2 Å². The van der Waals surface area contributed by atoms with Gasteiger partial charge in [-0.25, -0.2) is 0 Å². The van der Waals surface area contributed by atoms with Crippen molar-refractivity contribution >= 4 is 0 Å². The molecule has 0 aromatic heterocycles. The molecule has 0 unspecified atom stereocenters. The van der Waals surface area contributed by atoms with Crippen LogP contribution in [0, 0.1) is 13.8 Å². The molecule has 0 atom stereocenters. The van der Waals surface area contributed by atoms with Crippen molar-refractivity contribution in [2.24, 2.45) is 0 Å². The number of hydrogen-bond donors (Lipinski definition) is 2. The SMILES string of the molecule is CN(CCN(C)Cc1cc(C(C)(C)C)cc(C(C)(C)C)c1O)Cc1cc(C(C)(C)C)cc(C(C)(C)C)c1O.[CH2-]C.[CH2-]c1ccccc1.[Zr+2]. The summed E-state index contributed by atoms with van der Waals surface area (Å²) in [5.74, 6) is 0.841. The molecule has 3 aromatic rings. The third kappa shape index (κ3) is 14.4. The summed E-state index contributed by atoms with van der Waals surface area (Å²) in [7, 11) is 4.23. The van der Waals surface area contributed by atoms with Crippen molar-refractivity contribution in [2.45, 2.75) is 125 Å². The van der Waals surface area contributed by atoms with E-state index in [1.807, 2.05) is 30.3 Å². The molecule has 0 saturated heterocycles. The van der Waals surface area contributed by atoms with Crippen molar-refractivity contribution < 1.29 is 36.4 Å². The fraction of sp³-hybridized carbons (Fsp3) is 0.535. The van der Waals surface area contributed by atoms with Crippen LogP contribution in [0.25, 0.3) is 0 Å². The average molecular weight is 736 g/mol. The molecule has 3 rings (SSSR count). The molecule has 0 saturated carbocycles. The Balaban J connectivity index is 0.00000192. The second-order valence-electron chi connectivity index (χ2n) is 17.0. The maximum Gasteiger partial charge on any atom is 2.00 e. The van der Waals surface area contributed by atoms with Gasteiger partial charge in [-0.2, -0.15) is 31.5 Å². The third-order valence-corrected chi connectivity index (χ3v) is 8.31. The topological polar surface area (TPSA) is 46.9 Å². The zero-order valence-corrected chi connectivity index (χ0v) is 35.7. The molecular formula is C43H68N2O2Zr. The molecule has 3 aromatic carbocycles. The zero-order chi connectivity index (χ0) is 36.5. The summed E-state index contributed by atoms with van der Waals surface area (Å²) in [4.78, 5) is 4.55. The average Bonchev–Trinajstić information content (AvgIpc) is 2.93. The van der Waals surface area contributed by atoms with Crippen LogP contribution < -0.4 is 0 Å². The van der Waals surface area contributed by atoms with Crippen LogP contribution >= 0.6 is 0 Å². The molecule has 4 nitrogen and oxygen atoms in total. The summed E-state index contributed by atoms with van der Waals surface area (Å²) in [5.41, 5.74) is 7.33. The van der Waals surface area contributed by atoms with Crippen LogP contribution in [0.15, 0.2) is 54.6 Å². The molecule has 0 aliphatic rings. The number of aromatic hydroxyl groups is 2. The maximum atomic E-state index is 11.2. The first-order valence-electron chi connectivity index (χ1n) is 17.1. The largest absolute Gasteiger partial charge is 2.00 e. The minimum atomic E-state index is -0.131. The number of rotatable bonds is 7. The molecule has 48 heavy (non-hydrogen) atoms. The van der Waals surface area contributed by atoms with Crippen LogP contribution in [0.4, 0.5) is 0 Å². The quantitative estimate of drug-likeness (QED) is 0.237. The fourth-order valence-electron chi connectivity index (χ4n) is 5.20. The van der Waals surface area contributed by atoms with Gasteiger partial charge in [-0.3, -0.25) is 0 Å². The van der Waals surface area contributed by atoms with E-state index in [0.717, 1.165) is 40.9 Å². The summed E-state index contributed by atoms with van der Waals surface area (Å²) in [6, 6.07) is 18.6. The van der Waals surface area contributed by atoms with E-state index in [-0.39, 0.29) is 47.9 Å². The van der Waals surface area contributed by atoms with Gasteiger partial charge in [-0.05, 0) is 58.0 Å². The van der Waals surface area contributed by atoms with Crippen molar-refractivity contribution in [3.05, 3.63) is 107 Å². The number of benzene rings is 3. The van der Waals surface area contributed by atoms with Gasteiger partial charge in [-0.1, -0.05) is 113 Å². The molecule has 0 bridgehead atoms. The van der Waals surface area contributed by atoms with E-state index in [4.69, 9.17) is 0 Å². The van der Waals surface area contributed by atoms with E-state index in [1.165, 1.54) is 11.1 Å². The molecule has 2 N–H and O–H groups in total. The van der Waals surface area contributed by atoms with E-state index >= 15 is 0 Å². The van der Waals surface area contributed by atoms with Crippen LogP contribution in [0.1, 0.15) is 129 Å². The Morgan fingerprint density at radius 1 is 0.542 bits per heavy atom. The van der Waals surface area contributed by atoms with Gasteiger partial charge < -0.3 is 26.9 Å². The minimum absolute atomic E-state index is 0. The van der Waals surface area contributed by atoms with Crippen molar-refractivity contribution in [3.8, 4) is 11.5 Å². The predicted octanol–water partition coefficient (Wildman–Crippen LogP) is 10.6. The monoisotopic (exact) mass is 734 g/mol. The smallest absolute Gasteiger partial charge is 0.507 e. The maximum absolute atomic E-state index is 11.2. The van der Waals surface area contributed by atoms with Crippen LogP contribution in [0.2, 0.25) is 0 Å². The standard InChI is InChI=1S/C34H56N2O2.C7H7.C2H5.Zr/c1-31(2,3)25-17-23(29(37)27(19-25)33(7,8)9)21-35(13)15-16-36(14)22-24-18-26(32(4,5)6)20-28(30(24)38)34(10,11)12;1-7-5-3-2-4-6-7;1-2;/h17-20,37-38H,15-16,21-22H2,1-14H3;2-6H,1H2;1H2,2H3;/q;2*-1;+2. The van der Waals surface area contributed by atoms with Gasteiger partial charge in [0.1, 0.15) is 11.5 Å². The van der Waals surface area contributed by atoms with Crippen LogP contribution in [0.5, 0.6) is 11.5 Å². The van der Waals surface area contributed by atoms with Gasteiger partial charge in [0.25, 0.3) is 0 Å². The first kappa shape index (κ1) is 45.9. The number of phenolic OH excluding ortho intramolecular Hbond substituents is 2. The molecule has 0 aliphatic carbocycles. The number of likely N-dealkylation sites (N-methyl/N-ethyl adjacent to an activating group) is 2. The van der Waals surface area contributed by atoms with Crippen LogP contribution in [-0.4, -0.2) is 47.2 Å². The molecule has 266 valence electrons. The van der Waals surface area contributed by atoms with Crippen molar-refractivity contribution in [1.29, 1.82) is 0 Å². The Bertz CT molecular complexity index is 1300. The molecule has 0 radical (unpaired) electrons. The molecule has 0 fully saturated rings.